The van der Waals surface area contributed by atoms with Crippen molar-refractivity contribution >= 4 is 17.9 Å². The molecule has 0 saturated carbocycles. The third-order valence-corrected chi connectivity index (χ3v) is 11.8. The van der Waals surface area contributed by atoms with Crippen molar-refractivity contribution in [2.45, 2.75) is 258 Å². The molecule has 0 aliphatic rings. The monoisotopic (exact) mass is 957 g/mol. The van der Waals surface area contributed by atoms with Gasteiger partial charge in [-0.25, -0.2) is 0 Å². The van der Waals surface area contributed by atoms with E-state index in [0.29, 0.717) is 19.3 Å². The molecule has 0 aromatic rings. The van der Waals surface area contributed by atoms with Crippen LogP contribution in [0.4, 0.5) is 0 Å². The predicted octanol–water partition coefficient (Wildman–Crippen LogP) is 19.1. The van der Waals surface area contributed by atoms with E-state index in [4.69, 9.17) is 14.2 Å². The summed E-state index contributed by atoms with van der Waals surface area (Å²) in [6.07, 6.45) is 76.7. The van der Waals surface area contributed by atoms with Gasteiger partial charge >= 0.3 is 17.9 Å². The van der Waals surface area contributed by atoms with E-state index in [0.717, 1.165) is 103 Å². The Morgan fingerprint density at radius 1 is 0.304 bits per heavy atom. The first-order chi connectivity index (χ1) is 34.0. The van der Waals surface area contributed by atoms with Crippen LogP contribution < -0.4 is 0 Å². The van der Waals surface area contributed by atoms with Crippen LogP contribution in [0.5, 0.6) is 0 Å². The van der Waals surface area contributed by atoms with Crippen LogP contribution in [0.2, 0.25) is 0 Å². The Kier molecular flexibility index (Phi) is 53.4. The maximum atomic E-state index is 12.8. The van der Waals surface area contributed by atoms with Crippen LogP contribution in [0.3, 0.4) is 0 Å². The van der Waals surface area contributed by atoms with E-state index in [9.17, 15) is 14.4 Å². The number of hydrogen-bond donors (Lipinski definition) is 0. The Hall–Kier alpha value is -3.93. The van der Waals surface area contributed by atoms with Gasteiger partial charge in [-0.2, -0.15) is 0 Å². The highest BCUT2D eigenvalue weighted by Crippen LogP contribution is 2.15. The second-order valence-corrected chi connectivity index (χ2v) is 18.4. The van der Waals surface area contributed by atoms with E-state index in [2.05, 4.69) is 130 Å². The zero-order valence-corrected chi connectivity index (χ0v) is 44.8. The number of allylic oxidation sites excluding steroid dienone is 18. The lowest BCUT2D eigenvalue weighted by molar-refractivity contribution is -0.167. The maximum Gasteiger partial charge on any atom is 0.306 e. The number of esters is 3. The summed E-state index contributed by atoms with van der Waals surface area (Å²) in [5, 5.41) is 0. The van der Waals surface area contributed by atoms with Crippen molar-refractivity contribution in [3.63, 3.8) is 0 Å². The van der Waals surface area contributed by atoms with Gasteiger partial charge in [0.25, 0.3) is 0 Å². The molecule has 392 valence electrons. The van der Waals surface area contributed by atoms with E-state index in [1.54, 1.807) is 0 Å². The van der Waals surface area contributed by atoms with Gasteiger partial charge in [0.2, 0.25) is 0 Å². The molecule has 0 aromatic carbocycles. The van der Waals surface area contributed by atoms with Crippen molar-refractivity contribution in [3.05, 3.63) is 109 Å². The summed E-state index contributed by atoms with van der Waals surface area (Å²) in [7, 11) is 0. The standard InChI is InChI=1S/C63H104O6/c1-4-7-10-13-16-19-21-23-25-27-28-29-30-31-32-33-34-36-37-39-41-44-47-50-53-56-62(65)68-59-60(58-67-61(64)55-52-49-46-43-18-15-12-9-6-3)69-63(66)57-54-51-48-45-42-40-38-35-26-24-22-20-17-14-11-8-5-2/h7-8,10-11,16-17,19-20,23-26,28-29,38,40,45,48,60H,4-6,9,12-15,18,21-22,27,30-37,39,41-44,46-47,49-59H2,1-3H3/b10-7-,11-8-,19-16-,20-17-,25-23-,26-24-,29-28-,40-38-,48-45-. The zero-order chi connectivity index (χ0) is 50.0. The Morgan fingerprint density at radius 2 is 0.580 bits per heavy atom. The predicted molar refractivity (Wildman–Crippen MR) is 297 cm³/mol. The fourth-order valence-corrected chi connectivity index (χ4v) is 7.59. The second kappa shape index (κ2) is 56.7. The molecule has 1 atom stereocenters. The first kappa shape index (κ1) is 65.1. The summed E-state index contributed by atoms with van der Waals surface area (Å²) in [4.78, 5) is 38.0. The van der Waals surface area contributed by atoms with Gasteiger partial charge in [0, 0.05) is 19.3 Å². The third kappa shape index (κ3) is 54.9. The van der Waals surface area contributed by atoms with Crippen molar-refractivity contribution in [3.8, 4) is 0 Å². The van der Waals surface area contributed by atoms with Gasteiger partial charge in [0.1, 0.15) is 13.2 Å². The molecular weight excluding hydrogens is 853 g/mol. The lowest BCUT2D eigenvalue weighted by Crippen LogP contribution is -2.30. The molecule has 0 radical (unpaired) electrons. The van der Waals surface area contributed by atoms with Crippen molar-refractivity contribution in [2.75, 3.05) is 13.2 Å². The highest BCUT2D eigenvalue weighted by atomic mass is 16.6. The molecule has 0 saturated heterocycles. The van der Waals surface area contributed by atoms with Gasteiger partial charge in [-0.1, -0.05) is 246 Å². The van der Waals surface area contributed by atoms with Gasteiger partial charge in [-0.15, -0.1) is 0 Å². The molecule has 6 heteroatoms. The van der Waals surface area contributed by atoms with Crippen LogP contribution in [0, 0.1) is 0 Å². The molecule has 0 amide bonds. The fraction of sp³-hybridized carbons (Fsp3) is 0.667. The van der Waals surface area contributed by atoms with Gasteiger partial charge in [0.05, 0.1) is 0 Å². The Balaban J connectivity index is 4.31. The van der Waals surface area contributed by atoms with Crippen LogP contribution in [-0.2, 0) is 28.6 Å². The summed E-state index contributed by atoms with van der Waals surface area (Å²) in [5.74, 6) is -0.964. The Morgan fingerprint density at radius 3 is 0.928 bits per heavy atom. The van der Waals surface area contributed by atoms with Crippen LogP contribution in [0.15, 0.2) is 109 Å². The third-order valence-electron chi connectivity index (χ3n) is 11.8. The van der Waals surface area contributed by atoms with Gasteiger partial charge < -0.3 is 14.2 Å². The molecule has 0 aliphatic heterocycles. The molecule has 0 aliphatic carbocycles. The van der Waals surface area contributed by atoms with Crippen molar-refractivity contribution in [2.24, 2.45) is 0 Å². The molecule has 0 bridgehead atoms. The van der Waals surface area contributed by atoms with Crippen LogP contribution in [-0.4, -0.2) is 37.2 Å². The largest absolute Gasteiger partial charge is 0.462 e. The molecule has 0 fully saturated rings. The van der Waals surface area contributed by atoms with Crippen LogP contribution in [0.1, 0.15) is 252 Å². The first-order valence-electron chi connectivity index (χ1n) is 28.4. The average molecular weight is 958 g/mol. The number of carbonyl (C=O) groups is 3. The number of carbonyl (C=O) groups excluding carboxylic acids is 3. The van der Waals surface area contributed by atoms with E-state index in [1.165, 1.54) is 103 Å². The highest BCUT2D eigenvalue weighted by Gasteiger charge is 2.19. The maximum absolute atomic E-state index is 12.8. The number of hydrogen-bond acceptors (Lipinski definition) is 6. The molecule has 0 aromatic heterocycles. The molecule has 0 heterocycles. The van der Waals surface area contributed by atoms with Gasteiger partial charge in [0.15, 0.2) is 6.10 Å². The Bertz CT molecular complexity index is 1420. The summed E-state index contributed by atoms with van der Waals surface area (Å²) in [6.45, 7) is 6.34. The summed E-state index contributed by atoms with van der Waals surface area (Å²) >= 11 is 0. The zero-order valence-electron chi connectivity index (χ0n) is 44.8. The second-order valence-electron chi connectivity index (χ2n) is 18.4. The van der Waals surface area contributed by atoms with Gasteiger partial charge in [-0.3, -0.25) is 14.4 Å². The normalized spacial score (nSPS) is 12.9. The number of ether oxygens (including phenoxy) is 3. The quantitative estimate of drug-likeness (QED) is 0.0262. The first-order valence-corrected chi connectivity index (χ1v) is 28.4. The van der Waals surface area contributed by atoms with E-state index in [-0.39, 0.29) is 37.5 Å². The van der Waals surface area contributed by atoms with Crippen molar-refractivity contribution in [1.29, 1.82) is 0 Å². The van der Waals surface area contributed by atoms with Gasteiger partial charge in [-0.05, 0) is 96.3 Å². The average Bonchev–Trinajstić information content (AvgIpc) is 3.35. The van der Waals surface area contributed by atoms with E-state index >= 15 is 0 Å². The minimum Gasteiger partial charge on any atom is -0.462 e. The van der Waals surface area contributed by atoms with Crippen molar-refractivity contribution in [1.82, 2.24) is 0 Å². The fourth-order valence-electron chi connectivity index (χ4n) is 7.59. The Labute approximate surface area is 425 Å². The summed E-state index contributed by atoms with van der Waals surface area (Å²) in [6, 6.07) is 0. The minimum absolute atomic E-state index is 0.100. The molecule has 69 heavy (non-hydrogen) atoms. The molecule has 0 N–H and O–H groups in total. The van der Waals surface area contributed by atoms with E-state index in [1.807, 2.05) is 0 Å². The topological polar surface area (TPSA) is 78.9 Å². The lowest BCUT2D eigenvalue weighted by atomic mass is 10.0. The molecule has 1 unspecified atom stereocenters. The highest BCUT2D eigenvalue weighted by molar-refractivity contribution is 5.71. The SMILES string of the molecule is CC/C=C\C/C=C\C/C=C\C/C=C\C/C=C\CCCC(=O)OC(COC(=O)CCCCCCCCCCC)COC(=O)CCCCCCCCCCCCCC/C=C\C/C=C\C/C=C\C/C=C\CC. The summed E-state index contributed by atoms with van der Waals surface area (Å²) in [5.41, 5.74) is 0. The van der Waals surface area contributed by atoms with Crippen LogP contribution in [0.25, 0.3) is 0 Å². The minimum atomic E-state index is -0.807. The van der Waals surface area contributed by atoms with Crippen molar-refractivity contribution < 1.29 is 28.6 Å². The summed E-state index contributed by atoms with van der Waals surface area (Å²) < 4.78 is 16.8. The molecule has 6 nitrogen and oxygen atoms in total. The molecule has 0 spiro atoms. The smallest absolute Gasteiger partial charge is 0.306 e. The lowest BCUT2D eigenvalue weighted by Gasteiger charge is -2.18. The van der Waals surface area contributed by atoms with E-state index < -0.39 is 6.10 Å². The molecule has 0 rings (SSSR count). The molecular formula is C63H104O6. The van der Waals surface area contributed by atoms with Crippen LogP contribution >= 0.6 is 0 Å². The number of rotatable bonds is 50. The number of unbranched alkanes of at least 4 members (excludes halogenated alkanes) is 21.